The van der Waals surface area contributed by atoms with Gasteiger partial charge in [0.2, 0.25) is 0 Å². The molecule has 0 radical (unpaired) electrons. The minimum atomic E-state index is -0.250. The van der Waals surface area contributed by atoms with Gasteiger partial charge >= 0.3 is 0 Å². The van der Waals surface area contributed by atoms with E-state index in [4.69, 9.17) is 4.74 Å². The summed E-state index contributed by atoms with van der Waals surface area (Å²) in [5.74, 6) is 0.497. The summed E-state index contributed by atoms with van der Waals surface area (Å²) in [5, 5.41) is 7.69. The topological polar surface area (TPSA) is 58.5 Å². The van der Waals surface area contributed by atoms with Crippen LogP contribution in [0.5, 0.6) is 0 Å². The minimum absolute atomic E-state index is 0. The number of aromatic nitrogens is 1. The largest absolute Gasteiger partial charge is 0.380 e. The third kappa shape index (κ3) is 8.10. The minimum Gasteiger partial charge on any atom is -0.380 e. The Kier molecular flexibility index (Phi) is 11.5. The molecule has 0 saturated carbocycles. The van der Waals surface area contributed by atoms with Crippen LogP contribution in [-0.2, 0) is 30.7 Å². The summed E-state index contributed by atoms with van der Waals surface area (Å²) in [6, 6.07) is 5.02. The van der Waals surface area contributed by atoms with E-state index in [1.807, 2.05) is 13.1 Å². The van der Waals surface area contributed by atoms with Crippen LogP contribution in [0.15, 0.2) is 29.4 Å². The van der Waals surface area contributed by atoms with Gasteiger partial charge in [-0.05, 0) is 31.0 Å². The van der Waals surface area contributed by atoms with E-state index in [0.29, 0.717) is 12.1 Å². The highest BCUT2D eigenvalue weighted by Crippen LogP contribution is 2.14. The Hall–Kier alpha value is -1.26. The molecule has 1 aromatic heterocycles. The molecule has 1 heterocycles. The van der Waals surface area contributed by atoms with Crippen LogP contribution in [0.4, 0.5) is 4.39 Å². The van der Waals surface area contributed by atoms with Crippen LogP contribution in [0.25, 0.3) is 0 Å². The summed E-state index contributed by atoms with van der Waals surface area (Å²) >= 11 is 1.76. The van der Waals surface area contributed by atoms with Crippen molar-refractivity contribution in [3.8, 4) is 0 Å². The van der Waals surface area contributed by atoms with Crippen LogP contribution in [0.3, 0.4) is 0 Å². The maximum atomic E-state index is 13.7. The molecule has 2 aromatic rings. The van der Waals surface area contributed by atoms with E-state index in [9.17, 15) is 4.39 Å². The Labute approximate surface area is 181 Å². The first-order valence-corrected chi connectivity index (χ1v) is 9.69. The maximum absolute atomic E-state index is 13.7. The maximum Gasteiger partial charge on any atom is 0.191 e. The van der Waals surface area contributed by atoms with Gasteiger partial charge in [0.15, 0.2) is 5.96 Å². The van der Waals surface area contributed by atoms with Crippen LogP contribution in [0.2, 0.25) is 0 Å². The smallest absolute Gasteiger partial charge is 0.191 e. The number of hydrogen-bond donors (Lipinski definition) is 2. The molecule has 2 rings (SSSR count). The first kappa shape index (κ1) is 23.8. The molecule has 0 aliphatic carbocycles. The van der Waals surface area contributed by atoms with E-state index in [-0.39, 0.29) is 36.4 Å². The monoisotopic (exact) mass is 506 g/mol. The Morgan fingerprint density at radius 2 is 2.11 bits per heavy atom. The van der Waals surface area contributed by atoms with Crippen LogP contribution in [0, 0.1) is 5.82 Å². The quantitative estimate of drug-likeness (QED) is 0.308. The summed E-state index contributed by atoms with van der Waals surface area (Å²) in [6.07, 6.45) is 3.84. The molecule has 0 bridgehead atoms. The summed E-state index contributed by atoms with van der Waals surface area (Å²) < 4.78 is 18.7. The summed E-state index contributed by atoms with van der Waals surface area (Å²) in [7, 11) is 1.56. The third-order valence-corrected chi connectivity index (χ3v) is 4.96. The van der Waals surface area contributed by atoms with Gasteiger partial charge in [-0.2, -0.15) is 0 Å². The van der Waals surface area contributed by atoms with Crippen molar-refractivity contribution in [1.82, 2.24) is 15.6 Å². The molecule has 0 aliphatic rings. The van der Waals surface area contributed by atoms with Crippen LogP contribution in [-0.4, -0.2) is 31.1 Å². The molecule has 0 spiro atoms. The number of aryl methyl sites for hydroxylation is 1. The molecule has 8 heteroatoms. The predicted octanol–water partition coefficient (Wildman–Crippen LogP) is 3.91. The van der Waals surface area contributed by atoms with Crippen LogP contribution < -0.4 is 10.6 Å². The summed E-state index contributed by atoms with van der Waals surface area (Å²) in [5.41, 5.74) is 1.50. The normalized spacial score (nSPS) is 11.2. The van der Waals surface area contributed by atoms with E-state index in [1.54, 1.807) is 30.6 Å². The first-order valence-electron chi connectivity index (χ1n) is 8.88. The summed E-state index contributed by atoms with van der Waals surface area (Å²) in [6.45, 7) is 6.44. The zero-order valence-corrected chi connectivity index (χ0v) is 19.2. The van der Waals surface area contributed by atoms with Crippen molar-refractivity contribution >= 4 is 41.3 Å². The lowest BCUT2D eigenvalue weighted by molar-refractivity contribution is 0.181. The second kappa shape index (κ2) is 13.0. The Morgan fingerprint density at radius 1 is 1.30 bits per heavy atom. The Bertz CT molecular complexity index is 723. The highest BCUT2D eigenvalue weighted by molar-refractivity contribution is 14.0. The fourth-order valence-electron chi connectivity index (χ4n) is 2.42. The van der Waals surface area contributed by atoms with E-state index in [2.05, 4.69) is 27.5 Å². The highest BCUT2D eigenvalue weighted by atomic mass is 127. The average Bonchev–Trinajstić information content (AvgIpc) is 3.10. The first-order chi connectivity index (χ1) is 12.7. The van der Waals surface area contributed by atoms with Gasteiger partial charge in [0.1, 0.15) is 5.82 Å². The number of thiazole rings is 1. The van der Waals surface area contributed by atoms with Gasteiger partial charge in [-0.15, -0.1) is 35.3 Å². The van der Waals surface area contributed by atoms with E-state index >= 15 is 0 Å². The molecule has 2 N–H and O–H groups in total. The number of guanidine groups is 1. The third-order valence-electron chi connectivity index (χ3n) is 3.76. The fraction of sp³-hybridized carbons (Fsp3) is 0.474. The molecule has 0 fully saturated rings. The zero-order chi connectivity index (χ0) is 18.8. The number of methoxy groups -OCH3 is 1. The molecule has 1 aromatic carbocycles. The molecule has 5 nitrogen and oxygen atoms in total. The molecule has 0 atom stereocenters. The van der Waals surface area contributed by atoms with E-state index < -0.39 is 0 Å². The van der Waals surface area contributed by atoms with Gasteiger partial charge in [0, 0.05) is 43.3 Å². The van der Waals surface area contributed by atoms with Crippen molar-refractivity contribution in [1.29, 1.82) is 0 Å². The van der Waals surface area contributed by atoms with Gasteiger partial charge in [-0.1, -0.05) is 13.0 Å². The number of hydrogen-bond acceptors (Lipinski definition) is 4. The molecule has 150 valence electrons. The number of aliphatic imine (C=N–C) groups is 1. The van der Waals surface area contributed by atoms with Crippen molar-refractivity contribution in [3.05, 3.63) is 51.2 Å². The number of benzene rings is 1. The molecule has 0 aliphatic heterocycles. The second-order valence-electron chi connectivity index (χ2n) is 5.80. The Balaban J connectivity index is 0.00000364. The molecule has 0 unspecified atom stereocenters. The van der Waals surface area contributed by atoms with Gasteiger partial charge in [-0.25, -0.2) is 14.4 Å². The molecule has 27 heavy (non-hydrogen) atoms. The van der Waals surface area contributed by atoms with Crippen molar-refractivity contribution in [2.24, 2.45) is 4.99 Å². The predicted molar refractivity (Wildman–Crippen MR) is 121 cm³/mol. The fourth-order valence-corrected chi connectivity index (χ4v) is 3.28. The highest BCUT2D eigenvalue weighted by Gasteiger charge is 2.05. The summed E-state index contributed by atoms with van der Waals surface area (Å²) in [4.78, 5) is 10.3. The van der Waals surface area contributed by atoms with Gasteiger partial charge in [-0.3, -0.25) is 0 Å². The van der Waals surface area contributed by atoms with Crippen LogP contribution >= 0.6 is 35.3 Å². The molecular weight excluding hydrogens is 478 g/mol. The average molecular weight is 506 g/mol. The lowest BCUT2D eigenvalue weighted by Gasteiger charge is -2.11. The number of nitrogens with one attached hydrogen (secondary N) is 2. The standard InChI is InChI=1S/C19H27FN4OS.HI/c1-4-16-12-23-18(26-16)8-9-22-19(21-5-2)24-11-14-6-7-17(20)15(10-14)13-25-3;/h6-7,10,12H,4-5,8-9,11,13H2,1-3H3,(H2,21,22,24);1H. The van der Waals surface area contributed by atoms with Crippen molar-refractivity contribution < 1.29 is 9.13 Å². The van der Waals surface area contributed by atoms with Gasteiger partial charge in [0.25, 0.3) is 0 Å². The Morgan fingerprint density at radius 3 is 2.78 bits per heavy atom. The number of halogens is 2. The lowest BCUT2D eigenvalue weighted by atomic mass is 10.1. The van der Waals surface area contributed by atoms with Crippen LogP contribution in [0.1, 0.15) is 34.9 Å². The van der Waals surface area contributed by atoms with Crippen molar-refractivity contribution in [2.45, 2.75) is 39.8 Å². The van der Waals surface area contributed by atoms with E-state index in [1.165, 1.54) is 10.9 Å². The lowest BCUT2D eigenvalue weighted by Crippen LogP contribution is -2.38. The number of rotatable bonds is 9. The molecular formula is C19H28FIN4OS. The van der Waals surface area contributed by atoms with Crippen molar-refractivity contribution in [2.75, 3.05) is 20.2 Å². The second-order valence-corrected chi connectivity index (χ2v) is 7.00. The number of ether oxygens (including phenoxy) is 1. The molecule has 0 amide bonds. The zero-order valence-electron chi connectivity index (χ0n) is 16.0. The van der Waals surface area contributed by atoms with E-state index in [0.717, 1.165) is 42.5 Å². The SMILES string of the molecule is CCNC(=NCc1ccc(F)c(COC)c1)NCCc1ncc(CC)s1.I. The molecule has 0 saturated heterocycles. The number of nitrogens with zero attached hydrogens (tertiary/aromatic N) is 2. The van der Waals surface area contributed by atoms with Crippen molar-refractivity contribution in [3.63, 3.8) is 0 Å². The van der Waals surface area contributed by atoms with Gasteiger partial charge < -0.3 is 15.4 Å². The van der Waals surface area contributed by atoms with Gasteiger partial charge in [0.05, 0.1) is 18.2 Å².